The molecule has 124 valence electrons. The maximum absolute atomic E-state index is 12.4. The van der Waals surface area contributed by atoms with E-state index in [1.165, 1.54) is 4.90 Å². The van der Waals surface area contributed by atoms with Crippen molar-refractivity contribution in [2.45, 2.75) is 26.3 Å². The molecule has 0 saturated carbocycles. The van der Waals surface area contributed by atoms with Gasteiger partial charge in [0, 0.05) is 31.3 Å². The van der Waals surface area contributed by atoms with E-state index in [1.807, 2.05) is 26.0 Å². The number of ether oxygens (including phenoxy) is 1. The van der Waals surface area contributed by atoms with Gasteiger partial charge in [-0.15, -0.1) is 0 Å². The van der Waals surface area contributed by atoms with Crippen LogP contribution < -0.4 is 4.90 Å². The molecule has 6 nitrogen and oxygen atoms in total. The first kappa shape index (κ1) is 16.1. The maximum atomic E-state index is 12.4. The second-order valence-corrected chi connectivity index (χ2v) is 6.58. The Morgan fingerprint density at radius 2 is 2.04 bits per heavy atom. The fourth-order valence-electron chi connectivity index (χ4n) is 2.55. The van der Waals surface area contributed by atoms with E-state index in [-0.39, 0.29) is 17.2 Å². The number of morpholine rings is 1. The molecular formula is C16H20N2O4S. The molecule has 0 N–H and O–H groups in total. The van der Waals surface area contributed by atoms with Crippen molar-refractivity contribution in [1.29, 1.82) is 0 Å². The van der Waals surface area contributed by atoms with E-state index in [4.69, 9.17) is 9.15 Å². The highest BCUT2D eigenvalue weighted by molar-refractivity contribution is 8.18. The minimum atomic E-state index is -0.237. The van der Waals surface area contributed by atoms with Gasteiger partial charge in [-0.1, -0.05) is 6.92 Å². The molecule has 7 heteroatoms. The van der Waals surface area contributed by atoms with Crippen LogP contribution in [-0.2, 0) is 9.53 Å². The Labute approximate surface area is 139 Å². The third-order valence-electron chi connectivity index (χ3n) is 4.06. The average molecular weight is 336 g/mol. The number of imide groups is 1. The van der Waals surface area contributed by atoms with Gasteiger partial charge >= 0.3 is 0 Å². The first-order valence-electron chi connectivity index (χ1n) is 7.79. The molecule has 2 amide bonds. The summed E-state index contributed by atoms with van der Waals surface area (Å²) in [6, 6.07) is 3.62. The smallest absolute Gasteiger partial charge is 0.293 e. The summed E-state index contributed by atoms with van der Waals surface area (Å²) < 4.78 is 11.1. The zero-order valence-corrected chi connectivity index (χ0v) is 14.1. The quantitative estimate of drug-likeness (QED) is 0.788. The highest BCUT2D eigenvalue weighted by Gasteiger charge is 2.37. The van der Waals surface area contributed by atoms with Crippen molar-refractivity contribution in [1.82, 2.24) is 4.90 Å². The molecule has 23 heavy (non-hydrogen) atoms. The summed E-state index contributed by atoms with van der Waals surface area (Å²) >= 11 is 0.970. The standard InChI is InChI=1S/C16H20N2O4S/c1-3-11(2)18-15(19)13(23-16(18)20)10-12-4-5-14(22-12)17-6-8-21-9-7-17/h4-5,10-11H,3,6-9H2,1-2H3/b13-10-. The minimum absolute atomic E-state index is 0.0890. The summed E-state index contributed by atoms with van der Waals surface area (Å²) in [6.45, 7) is 6.78. The van der Waals surface area contributed by atoms with Crippen LogP contribution in [0.1, 0.15) is 26.0 Å². The minimum Gasteiger partial charge on any atom is -0.441 e. The van der Waals surface area contributed by atoms with E-state index in [9.17, 15) is 9.59 Å². The fraction of sp³-hybridized carbons (Fsp3) is 0.500. The lowest BCUT2D eigenvalue weighted by Crippen LogP contribution is -2.36. The molecule has 2 saturated heterocycles. The molecule has 2 fully saturated rings. The highest BCUT2D eigenvalue weighted by atomic mass is 32.2. The van der Waals surface area contributed by atoms with Crippen LogP contribution in [0, 0.1) is 0 Å². The molecule has 0 aromatic carbocycles. The van der Waals surface area contributed by atoms with E-state index < -0.39 is 0 Å². The monoisotopic (exact) mass is 336 g/mol. The van der Waals surface area contributed by atoms with Crippen molar-refractivity contribution in [3.63, 3.8) is 0 Å². The van der Waals surface area contributed by atoms with Crippen LogP contribution in [0.2, 0.25) is 0 Å². The SMILES string of the molecule is CCC(C)N1C(=O)S/C(=C\c2ccc(N3CCOCC3)o2)C1=O. The zero-order chi connectivity index (χ0) is 16.4. The van der Waals surface area contributed by atoms with Gasteiger partial charge in [0.1, 0.15) is 5.76 Å². The molecular weight excluding hydrogens is 316 g/mol. The normalized spacial score (nSPS) is 22.3. The predicted molar refractivity (Wildman–Crippen MR) is 89.3 cm³/mol. The number of hydrogen-bond donors (Lipinski definition) is 0. The first-order valence-corrected chi connectivity index (χ1v) is 8.61. The van der Waals surface area contributed by atoms with Crippen LogP contribution in [-0.4, -0.2) is 48.4 Å². The van der Waals surface area contributed by atoms with Crippen LogP contribution in [0.25, 0.3) is 6.08 Å². The Kier molecular flexibility index (Phi) is 4.77. The van der Waals surface area contributed by atoms with Crippen LogP contribution in [0.15, 0.2) is 21.5 Å². The Balaban J connectivity index is 1.76. The zero-order valence-electron chi connectivity index (χ0n) is 13.3. The number of furan rings is 1. The second kappa shape index (κ2) is 6.80. The Morgan fingerprint density at radius 1 is 1.30 bits per heavy atom. The molecule has 0 bridgehead atoms. The summed E-state index contributed by atoms with van der Waals surface area (Å²) in [6.07, 6.45) is 2.39. The summed E-state index contributed by atoms with van der Waals surface area (Å²) in [7, 11) is 0. The van der Waals surface area contributed by atoms with Crippen molar-refractivity contribution >= 4 is 34.9 Å². The summed E-state index contributed by atoms with van der Waals surface area (Å²) in [5.41, 5.74) is 0. The average Bonchev–Trinajstić information content (AvgIpc) is 3.13. The molecule has 2 aliphatic rings. The number of hydrogen-bond acceptors (Lipinski definition) is 6. The number of nitrogens with zero attached hydrogens (tertiary/aromatic N) is 2. The fourth-order valence-corrected chi connectivity index (χ4v) is 3.46. The van der Waals surface area contributed by atoms with Crippen molar-refractivity contribution < 1.29 is 18.7 Å². The van der Waals surface area contributed by atoms with Gasteiger partial charge in [-0.2, -0.15) is 0 Å². The largest absolute Gasteiger partial charge is 0.441 e. The van der Waals surface area contributed by atoms with Crippen LogP contribution in [0.4, 0.5) is 10.7 Å². The highest BCUT2D eigenvalue weighted by Crippen LogP contribution is 2.34. The molecule has 1 unspecified atom stereocenters. The Bertz CT molecular complexity index is 634. The van der Waals surface area contributed by atoms with Gasteiger partial charge in [0.25, 0.3) is 11.1 Å². The van der Waals surface area contributed by atoms with E-state index in [2.05, 4.69) is 4.90 Å². The van der Waals surface area contributed by atoms with E-state index in [0.29, 0.717) is 23.9 Å². The van der Waals surface area contributed by atoms with Gasteiger partial charge < -0.3 is 14.1 Å². The van der Waals surface area contributed by atoms with E-state index in [0.717, 1.165) is 37.2 Å². The van der Waals surface area contributed by atoms with Crippen molar-refractivity contribution in [2.24, 2.45) is 0 Å². The van der Waals surface area contributed by atoms with Crippen molar-refractivity contribution in [2.75, 3.05) is 31.2 Å². The number of amides is 2. The molecule has 3 rings (SSSR count). The lowest BCUT2D eigenvalue weighted by molar-refractivity contribution is -0.124. The van der Waals surface area contributed by atoms with Crippen LogP contribution >= 0.6 is 11.8 Å². The van der Waals surface area contributed by atoms with Gasteiger partial charge in [-0.25, -0.2) is 0 Å². The van der Waals surface area contributed by atoms with Gasteiger partial charge in [0.2, 0.25) is 0 Å². The number of carbonyl (C=O) groups is 2. The number of thioether (sulfide) groups is 1. The molecule has 2 aliphatic heterocycles. The van der Waals surface area contributed by atoms with Crippen LogP contribution in [0.3, 0.4) is 0 Å². The molecule has 1 aromatic rings. The number of carbonyl (C=O) groups excluding carboxylic acids is 2. The summed E-state index contributed by atoms with van der Waals surface area (Å²) in [5, 5.41) is -0.212. The first-order chi connectivity index (χ1) is 11.1. The van der Waals surface area contributed by atoms with E-state index in [1.54, 1.807) is 6.08 Å². The topological polar surface area (TPSA) is 63.0 Å². The summed E-state index contributed by atoms with van der Waals surface area (Å²) in [4.78, 5) is 28.2. The van der Waals surface area contributed by atoms with Gasteiger partial charge in [0.15, 0.2) is 5.88 Å². The van der Waals surface area contributed by atoms with Crippen molar-refractivity contribution in [3.05, 3.63) is 22.8 Å². The van der Waals surface area contributed by atoms with Crippen LogP contribution in [0.5, 0.6) is 0 Å². The Morgan fingerprint density at radius 3 is 2.74 bits per heavy atom. The summed E-state index contributed by atoms with van der Waals surface area (Å²) in [5.74, 6) is 1.11. The van der Waals surface area contributed by atoms with E-state index >= 15 is 0 Å². The van der Waals surface area contributed by atoms with Gasteiger partial charge in [-0.3, -0.25) is 14.5 Å². The van der Waals surface area contributed by atoms with Crippen molar-refractivity contribution in [3.8, 4) is 0 Å². The second-order valence-electron chi connectivity index (χ2n) is 5.58. The van der Waals surface area contributed by atoms with Gasteiger partial charge in [-0.05, 0) is 31.2 Å². The molecule has 0 aliphatic carbocycles. The lowest BCUT2D eigenvalue weighted by Gasteiger charge is -2.26. The molecule has 1 atom stereocenters. The number of rotatable bonds is 4. The molecule has 1 aromatic heterocycles. The molecule has 3 heterocycles. The maximum Gasteiger partial charge on any atom is 0.293 e. The predicted octanol–water partition coefficient (Wildman–Crippen LogP) is 2.95. The number of anilines is 1. The molecule has 0 spiro atoms. The third-order valence-corrected chi connectivity index (χ3v) is 4.95. The van der Waals surface area contributed by atoms with Gasteiger partial charge in [0.05, 0.1) is 18.1 Å². The third kappa shape index (κ3) is 3.30. The Hall–Kier alpha value is -1.73. The lowest BCUT2D eigenvalue weighted by atomic mass is 10.2. The molecule has 0 radical (unpaired) electrons.